The molecule has 5 heteroatoms. The maximum absolute atomic E-state index is 11.7. The van der Waals surface area contributed by atoms with Gasteiger partial charge < -0.3 is 10.4 Å². The molecule has 0 aromatic heterocycles. The third-order valence-electron chi connectivity index (χ3n) is 3.30. The first-order chi connectivity index (χ1) is 10.0. The molecular weight excluding hydrogens is 286 g/mol. The lowest BCUT2D eigenvalue weighted by Crippen LogP contribution is -2.04. The topological polar surface area (TPSA) is 66.4 Å². The van der Waals surface area contributed by atoms with Crippen molar-refractivity contribution in [2.45, 2.75) is 25.0 Å². The van der Waals surface area contributed by atoms with E-state index in [1.165, 1.54) is 0 Å². The highest BCUT2D eigenvalue weighted by Crippen LogP contribution is 2.16. The van der Waals surface area contributed by atoms with Crippen LogP contribution in [-0.2, 0) is 23.0 Å². The maximum atomic E-state index is 11.7. The summed E-state index contributed by atoms with van der Waals surface area (Å²) in [7, 11) is -3.14. The van der Waals surface area contributed by atoms with Gasteiger partial charge in [-0.05, 0) is 35.4 Å². The summed E-state index contributed by atoms with van der Waals surface area (Å²) in [6.45, 7) is 2.32. The number of benzene rings is 2. The molecule has 2 rings (SSSR count). The average molecular weight is 305 g/mol. The Labute approximate surface area is 125 Å². The second-order valence-corrected chi connectivity index (χ2v) is 7.03. The van der Waals surface area contributed by atoms with Gasteiger partial charge >= 0.3 is 0 Å². The zero-order valence-corrected chi connectivity index (χ0v) is 12.7. The largest absolute Gasteiger partial charge is 0.392 e. The van der Waals surface area contributed by atoms with Crippen LogP contribution >= 0.6 is 0 Å². The van der Waals surface area contributed by atoms with Crippen LogP contribution in [0.4, 0.5) is 5.69 Å². The molecule has 0 atom stereocenters. The van der Waals surface area contributed by atoms with E-state index in [1.54, 1.807) is 31.2 Å². The summed E-state index contributed by atoms with van der Waals surface area (Å²) < 4.78 is 23.4. The fraction of sp³-hybridized carbons (Fsp3) is 0.250. The molecule has 4 nitrogen and oxygen atoms in total. The molecule has 2 N–H and O–H groups in total. The van der Waals surface area contributed by atoms with Crippen molar-refractivity contribution < 1.29 is 13.5 Å². The third kappa shape index (κ3) is 4.06. The summed E-state index contributed by atoms with van der Waals surface area (Å²) in [5, 5.41) is 12.2. The highest BCUT2D eigenvalue weighted by Gasteiger charge is 2.10. The van der Waals surface area contributed by atoms with Gasteiger partial charge in [-0.1, -0.05) is 31.2 Å². The van der Waals surface area contributed by atoms with Gasteiger partial charge in [0.2, 0.25) is 0 Å². The quantitative estimate of drug-likeness (QED) is 0.861. The van der Waals surface area contributed by atoms with Gasteiger partial charge in [-0.25, -0.2) is 8.42 Å². The predicted octanol–water partition coefficient (Wildman–Crippen LogP) is 2.58. The molecule has 0 aliphatic carbocycles. The predicted molar refractivity (Wildman–Crippen MR) is 83.9 cm³/mol. The molecule has 0 radical (unpaired) electrons. The van der Waals surface area contributed by atoms with Crippen LogP contribution in [0, 0.1) is 0 Å². The number of hydrogen-bond donors (Lipinski definition) is 2. The van der Waals surface area contributed by atoms with Gasteiger partial charge in [0.15, 0.2) is 9.84 Å². The highest BCUT2D eigenvalue weighted by molar-refractivity contribution is 7.91. The Hall–Kier alpha value is -1.85. The molecule has 2 aromatic carbocycles. The van der Waals surface area contributed by atoms with E-state index in [2.05, 4.69) is 5.32 Å². The van der Waals surface area contributed by atoms with Crippen LogP contribution in [0.15, 0.2) is 53.4 Å². The number of anilines is 1. The van der Waals surface area contributed by atoms with Gasteiger partial charge in [0.05, 0.1) is 17.3 Å². The zero-order valence-electron chi connectivity index (χ0n) is 11.9. The lowest BCUT2D eigenvalue weighted by Gasteiger charge is -2.08. The van der Waals surface area contributed by atoms with Crippen molar-refractivity contribution in [3.63, 3.8) is 0 Å². The second-order valence-electron chi connectivity index (χ2n) is 4.76. The molecule has 0 amide bonds. The number of hydrogen-bond acceptors (Lipinski definition) is 4. The Bertz CT molecular complexity index is 676. The molecule has 21 heavy (non-hydrogen) atoms. The SMILES string of the molecule is CCS(=O)(=O)c1ccc(NCc2ccc(CO)cc2)cc1. The molecular formula is C16H19NO3S. The van der Waals surface area contributed by atoms with Gasteiger partial charge in [0.1, 0.15) is 0 Å². The summed E-state index contributed by atoms with van der Waals surface area (Å²) in [6.07, 6.45) is 0. The van der Waals surface area contributed by atoms with Crippen LogP contribution < -0.4 is 5.32 Å². The third-order valence-corrected chi connectivity index (χ3v) is 5.05. The Morgan fingerprint density at radius 1 is 0.952 bits per heavy atom. The van der Waals surface area contributed by atoms with E-state index in [4.69, 9.17) is 5.11 Å². The Morgan fingerprint density at radius 3 is 2.05 bits per heavy atom. The van der Waals surface area contributed by atoms with Gasteiger partial charge in [-0.2, -0.15) is 0 Å². The van der Waals surface area contributed by atoms with Crippen LogP contribution in [0.25, 0.3) is 0 Å². The summed E-state index contributed by atoms with van der Waals surface area (Å²) >= 11 is 0. The van der Waals surface area contributed by atoms with Gasteiger partial charge in [0, 0.05) is 12.2 Å². The summed E-state index contributed by atoms with van der Waals surface area (Å²) in [5.74, 6) is 0.108. The van der Waals surface area contributed by atoms with E-state index >= 15 is 0 Å². The first-order valence-electron chi connectivity index (χ1n) is 6.80. The zero-order chi connectivity index (χ0) is 15.3. The van der Waals surface area contributed by atoms with E-state index < -0.39 is 9.84 Å². The first kappa shape index (κ1) is 15.5. The standard InChI is InChI=1S/C16H19NO3S/c1-2-21(19,20)16-9-7-15(8-10-16)17-11-13-3-5-14(12-18)6-4-13/h3-10,17-18H,2,11-12H2,1H3. The van der Waals surface area contributed by atoms with Gasteiger partial charge in [0.25, 0.3) is 0 Å². The summed E-state index contributed by atoms with van der Waals surface area (Å²) in [5.41, 5.74) is 2.85. The first-order valence-corrected chi connectivity index (χ1v) is 8.46. The Balaban J connectivity index is 2.00. The van der Waals surface area contributed by atoms with Crippen molar-refractivity contribution >= 4 is 15.5 Å². The van der Waals surface area contributed by atoms with E-state index in [9.17, 15) is 8.42 Å². The lowest BCUT2D eigenvalue weighted by atomic mass is 10.1. The molecule has 0 aliphatic heterocycles. The van der Waals surface area contributed by atoms with Crippen LogP contribution in [0.2, 0.25) is 0 Å². The molecule has 0 fully saturated rings. The van der Waals surface area contributed by atoms with Gasteiger partial charge in [-0.3, -0.25) is 0 Å². The van der Waals surface area contributed by atoms with Crippen LogP contribution in [0.3, 0.4) is 0 Å². The van der Waals surface area contributed by atoms with E-state index in [0.29, 0.717) is 11.4 Å². The summed E-state index contributed by atoms with van der Waals surface area (Å²) in [4.78, 5) is 0.350. The number of rotatable bonds is 6. The van der Waals surface area contributed by atoms with Crippen LogP contribution in [-0.4, -0.2) is 19.3 Å². The van der Waals surface area contributed by atoms with Crippen molar-refractivity contribution in [1.29, 1.82) is 0 Å². The maximum Gasteiger partial charge on any atom is 0.178 e. The Kier molecular flexibility index (Phi) is 4.98. The van der Waals surface area contributed by atoms with Crippen molar-refractivity contribution in [3.05, 3.63) is 59.7 Å². The molecule has 0 spiro atoms. The number of aliphatic hydroxyl groups is 1. The van der Waals surface area contributed by atoms with E-state index in [0.717, 1.165) is 16.8 Å². The van der Waals surface area contributed by atoms with E-state index in [-0.39, 0.29) is 12.4 Å². The van der Waals surface area contributed by atoms with Crippen LogP contribution in [0.1, 0.15) is 18.1 Å². The van der Waals surface area contributed by atoms with E-state index in [1.807, 2.05) is 24.3 Å². The fourth-order valence-electron chi connectivity index (χ4n) is 1.91. The lowest BCUT2D eigenvalue weighted by molar-refractivity contribution is 0.282. The molecule has 112 valence electrons. The molecule has 0 saturated carbocycles. The van der Waals surface area contributed by atoms with Crippen molar-refractivity contribution in [3.8, 4) is 0 Å². The average Bonchev–Trinajstić information content (AvgIpc) is 2.54. The minimum absolute atomic E-state index is 0.0427. The number of aliphatic hydroxyl groups excluding tert-OH is 1. The van der Waals surface area contributed by atoms with Crippen molar-refractivity contribution in [2.24, 2.45) is 0 Å². The second kappa shape index (κ2) is 6.74. The number of nitrogens with one attached hydrogen (secondary N) is 1. The summed E-state index contributed by atoms with van der Waals surface area (Å²) in [6, 6.07) is 14.5. The molecule has 0 unspecified atom stereocenters. The molecule has 0 bridgehead atoms. The van der Waals surface area contributed by atoms with Crippen molar-refractivity contribution in [2.75, 3.05) is 11.1 Å². The number of sulfone groups is 1. The molecule has 0 heterocycles. The smallest absolute Gasteiger partial charge is 0.178 e. The van der Waals surface area contributed by atoms with Crippen LogP contribution in [0.5, 0.6) is 0 Å². The highest BCUT2D eigenvalue weighted by atomic mass is 32.2. The normalized spacial score (nSPS) is 11.3. The molecule has 0 aliphatic rings. The van der Waals surface area contributed by atoms with Gasteiger partial charge in [-0.15, -0.1) is 0 Å². The molecule has 2 aromatic rings. The Morgan fingerprint density at radius 2 is 1.52 bits per heavy atom. The minimum atomic E-state index is -3.14. The molecule has 0 saturated heterocycles. The fourth-order valence-corrected chi connectivity index (χ4v) is 2.80. The monoisotopic (exact) mass is 305 g/mol. The van der Waals surface area contributed by atoms with Crippen molar-refractivity contribution in [1.82, 2.24) is 0 Å². The minimum Gasteiger partial charge on any atom is -0.392 e.